The SMILES string of the molecule is CCC(CC(=O)O)NC(=O)N1CCCc2ccccc2C1. The minimum atomic E-state index is -0.886. The molecule has 1 heterocycles. The average Bonchev–Trinajstić information content (AvgIpc) is 2.68. The van der Waals surface area contributed by atoms with E-state index >= 15 is 0 Å². The van der Waals surface area contributed by atoms with Gasteiger partial charge in [-0.15, -0.1) is 0 Å². The van der Waals surface area contributed by atoms with E-state index in [0.29, 0.717) is 19.5 Å². The molecule has 1 aliphatic heterocycles. The maximum absolute atomic E-state index is 12.3. The molecule has 1 unspecified atom stereocenters. The van der Waals surface area contributed by atoms with Crippen molar-refractivity contribution in [3.8, 4) is 0 Å². The zero-order valence-corrected chi connectivity index (χ0v) is 12.3. The van der Waals surface area contributed by atoms with Crippen molar-refractivity contribution in [2.24, 2.45) is 0 Å². The van der Waals surface area contributed by atoms with Gasteiger partial charge in [-0.2, -0.15) is 0 Å². The summed E-state index contributed by atoms with van der Waals surface area (Å²) in [6.45, 7) is 3.17. The van der Waals surface area contributed by atoms with Crippen LogP contribution in [0.3, 0.4) is 0 Å². The lowest BCUT2D eigenvalue weighted by Crippen LogP contribution is -2.45. The third kappa shape index (κ3) is 4.21. The van der Waals surface area contributed by atoms with Gasteiger partial charge in [-0.3, -0.25) is 4.79 Å². The number of carbonyl (C=O) groups excluding carboxylic acids is 1. The van der Waals surface area contributed by atoms with Gasteiger partial charge in [-0.1, -0.05) is 31.2 Å². The van der Waals surface area contributed by atoms with Crippen LogP contribution in [0.15, 0.2) is 24.3 Å². The first kappa shape index (κ1) is 15.4. The van der Waals surface area contributed by atoms with Crippen molar-refractivity contribution in [2.75, 3.05) is 6.54 Å². The Hall–Kier alpha value is -2.04. The number of fused-ring (bicyclic) bond motifs is 1. The first-order valence-corrected chi connectivity index (χ1v) is 7.44. The Labute approximate surface area is 125 Å². The molecule has 21 heavy (non-hydrogen) atoms. The number of carboxylic acid groups (broad SMARTS) is 1. The van der Waals surface area contributed by atoms with Crippen molar-refractivity contribution in [1.29, 1.82) is 0 Å². The second-order valence-corrected chi connectivity index (χ2v) is 5.45. The summed E-state index contributed by atoms with van der Waals surface area (Å²) in [6, 6.07) is 7.69. The molecule has 0 aromatic heterocycles. The summed E-state index contributed by atoms with van der Waals surface area (Å²) in [5.74, 6) is -0.886. The Balaban J connectivity index is 2.01. The molecule has 114 valence electrons. The van der Waals surface area contributed by atoms with Gasteiger partial charge in [-0.05, 0) is 30.4 Å². The molecular formula is C16H22N2O3. The van der Waals surface area contributed by atoms with Gasteiger partial charge in [0.2, 0.25) is 0 Å². The van der Waals surface area contributed by atoms with Crippen LogP contribution >= 0.6 is 0 Å². The van der Waals surface area contributed by atoms with Gasteiger partial charge in [0.15, 0.2) is 0 Å². The molecule has 1 atom stereocenters. The third-order valence-electron chi connectivity index (χ3n) is 3.88. The van der Waals surface area contributed by atoms with Gasteiger partial charge in [0.25, 0.3) is 0 Å². The Morgan fingerprint density at radius 1 is 1.33 bits per heavy atom. The summed E-state index contributed by atoms with van der Waals surface area (Å²) in [6.07, 6.45) is 2.49. The van der Waals surface area contributed by atoms with Gasteiger partial charge in [0, 0.05) is 19.1 Å². The van der Waals surface area contributed by atoms with E-state index in [1.54, 1.807) is 4.90 Å². The molecule has 5 nitrogen and oxygen atoms in total. The standard InChI is InChI=1S/C16H22N2O3/c1-2-14(10-15(19)20)17-16(21)18-9-5-8-12-6-3-4-7-13(12)11-18/h3-4,6-7,14H,2,5,8-11H2,1H3,(H,17,21)(H,19,20). The highest BCUT2D eigenvalue weighted by Gasteiger charge is 2.21. The number of nitrogens with zero attached hydrogens (tertiary/aromatic N) is 1. The minimum absolute atomic E-state index is 0.0351. The highest BCUT2D eigenvalue weighted by atomic mass is 16.4. The van der Waals surface area contributed by atoms with E-state index < -0.39 is 5.97 Å². The Morgan fingerprint density at radius 3 is 2.71 bits per heavy atom. The van der Waals surface area contributed by atoms with Crippen LogP contribution in [-0.4, -0.2) is 34.6 Å². The molecule has 0 fully saturated rings. The van der Waals surface area contributed by atoms with Gasteiger partial charge in [0.1, 0.15) is 0 Å². The van der Waals surface area contributed by atoms with Crippen LogP contribution in [0.4, 0.5) is 4.79 Å². The van der Waals surface area contributed by atoms with Crippen molar-refractivity contribution >= 4 is 12.0 Å². The van der Waals surface area contributed by atoms with E-state index in [1.807, 2.05) is 19.1 Å². The number of hydrogen-bond acceptors (Lipinski definition) is 2. The molecule has 1 aromatic carbocycles. The molecule has 5 heteroatoms. The Morgan fingerprint density at radius 2 is 2.05 bits per heavy atom. The summed E-state index contributed by atoms with van der Waals surface area (Å²) >= 11 is 0. The molecule has 2 rings (SSSR count). The molecule has 0 spiro atoms. The van der Waals surface area contributed by atoms with Crippen LogP contribution in [0, 0.1) is 0 Å². The van der Waals surface area contributed by atoms with Gasteiger partial charge in [0.05, 0.1) is 6.42 Å². The predicted molar refractivity (Wildman–Crippen MR) is 80.0 cm³/mol. The number of amides is 2. The van der Waals surface area contributed by atoms with Gasteiger partial charge < -0.3 is 15.3 Å². The van der Waals surface area contributed by atoms with Gasteiger partial charge in [-0.25, -0.2) is 4.79 Å². The predicted octanol–water partition coefficient (Wildman–Crippen LogP) is 2.40. The maximum atomic E-state index is 12.3. The van der Waals surface area contributed by atoms with E-state index in [0.717, 1.165) is 12.8 Å². The molecule has 0 aliphatic carbocycles. The number of carbonyl (C=O) groups is 2. The second-order valence-electron chi connectivity index (χ2n) is 5.45. The van der Waals surface area contributed by atoms with Crippen LogP contribution in [0.2, 0.25) is 0 Å². The van der Waals surface area contributed by atoms with Crippen molar-refractivity contribution in [2.45, 2.75) is 45.2 Å². The minimum Gasteiger partial charge on any atom is -0.481 e. The first-order valence-electron chi connectivity index (χ1n) is 7.44. The topological polar surface area (TPSA) is 69.6 Å². The number of benzene rings is 1. The fourth-order valence-corrected chi connectivity index (χ4v) is 2.65. The van der Waals surface area contributed by atoms with Crippen molar-refractivity contribution in [3.63, 3.8) is 0 Å². The highest BCUT2D eigenvalue weighted by molar-refractivity contribution is 5.76. The third-order valence-corrected chi connectivity index (χ3v) is 3.88. The van der Waals surface area contributed by atoms with Gasteiger partial charge >= 0.3 is 12.0 Å². The number of aliphatic carboxylic acids is 1. The van der Waals surface area contributed by atoms with Crippen LogP contribution in [-0.2, 0) is 17.8 Å². The highest BCUT2D eigenvalue weighted by Crippen LogP contribution is 2.18. The summed E-state index contributed by atoms with van der Waals surface area (Å²) in [5, 5.41) is 11.7. The number of urea groups is 1. The van der Waals surface area contributed by atoms with Crippen molar-refractivity contribution in [3.05, 3.63) is 35.4 Å². The number of nitrogens with one attached hydrogen (secondary N) is 1. The number of hydrogen-bond donors (Lipinski definition) is 2. The zero-order chi connectivity index (χ0) is 15.2. The lowest BCUT2D eigenvalue weighted by atomic mass is 10.0. The number of rotatable bonds is 4. The van der Waals surface area contributed by atoms with E-state index in [2.05, 4.69) is 17.4 Å². The molecule has 0 saturated carbocycles. The average molecular weight is 290 g/mol. The summed E-state index contributed by atoms with van der Waals surface area (Å²) in [4.78, 5) is 24.9. The first-order chi connectivity index (χ1) is 10.1. The summed E-state index contributed by atoms with van der Waals surface area (Å²) in [7, 11) is 0. The smallest absolute Gasteiger partial charge is 0.317 e. The number of carboxylic acids is 1. The Kier molecular flexibility index (Phi) is 5.20. The maximum Gasteiger partial charge on any atom is 0.317 e. The molecule has 2 N–H and O–H groups in total. The molecule has 1 aromatic rings. The van der Waals surface area contributed by atoms with Crippen molar-refractivity contribution < 1.29 is 14.7 Å². The largest absolute Gasteiger partial charge is 0.481 e. The Bertz CT molecular complexity index is 516. The summed E-state index contributed by atoms with van der Waals surface area (Å²) in [5.41, 5.74) is 2.47. The van der Waals surface area contributed by atoms with Crippen LogP contribution in [0.1, 0.15) is 37.3 Å². The van der Waals surface area contributed by atoms with Crippen LogP contribution in [0.25, 0.3) is 0 Å². The zero-order valence-electron chi connectivity index (χ0n) is 12.3. The summed E-state index contributed by atoms with van der Waals surface area (Å²) < 4.78 is 0. The fraction of sp³-hybridized carbons (Fsp3) is 0.500. The van der Waals surface area contributed by atoms with E-state index in [9.17, 15) is 9.59 Å². The molecule has 2 amide bonds. The monoisotopic (exact) mass is 290 g/mol. The molecule has 0 saturated heterocycles. The fourth-order valence-electron chi connectivity index (χ4n) is 2.65. The van der Waals surface area contributed by atoms with E-state index in [4.69, 9.17) is 5.11 Å². The van der Waals surface area contributed by atoms with Crippen LogP contribution < -0.4 is 5.32 Å². The molecular weight excluding hydrogens is 268 g/mol. The normalized spacial score (nSPS) is 15.8. The second kappa shape index (κ2) is 7.11. The molecule has 0 radical (unpaired) electrons. The lowest BCUT2D eigenvalue weighted by molar-refractivity contribution is -0.137. The van der Waals surface area contributed by atoms with Crippen molar-refractivity contribution in [1.82, 2.24) is 10.2 Å². The van der Waals surface area contributed by atoms with E-state index in [-0.39, 0.29) is 18.5 Å². The van der Waals surface area contributed by atoms with E-state index in [1.165, 1.54) is 11.1 Å². The quantitative estimate of drug-likeness (QED) is 0.894. The lowest BCUT2D eigenvalue weighted by Gasteiger charge is -2.24. The molecule has 1 aliphatic rings. The number of aryl methyl sites for hydroxylation is 1. The van der Waals surface area contributed by atoms with Crippen LogP contribution in [0.5, 0.6) is 0 Å². The molecule has 0 bridgehead atoms.